The van der Waals surface area contributed by atoms with Crippen LogP contribution in [-0.4, -0.2) is 32.2 Å². The summed E-state index contributed by atoms with van der Waals surface area (Å²) in [7, 11) is 0. The van der Waals surface area contributed by atoms with E-state index in [1.54, 1.807) is 0 Å². The lowest BCUT2D eigenvalue weighted by atomic mass is 10.2. The Kier molecular flexibility index (Phi) is 7.29. The average Bonchev–Trinajstić information content (AvgIpc) is 1.98. The van der Waals surface area contributed by atoms with Crippen LogP contribution in [0.25, 0.3) is 0 Å². The van der Waals surface area contributed by atoms with Crippen molar-refractivity contribution in [2.75, 3.05) is 19.8 Å². The van der Waals surface area contributed by atoms with Crippen molar-refractivity contribution in [1.29, 1.82) is 0 Å². The molecule has 74 valence electrons. The first-order valence-corrected chi connectivity index (χ1v) is 4.26. The molecule has 0 aliphatic heterocycles. The summed E-state index contributed by atoms with van der Waals surface area (Å²) in [6.07, 6.45) is -1.57. The first-order chi connectivity index (χ1) is 5.66. The van der Waals surface area contributed by atoms with E-state index in [1.165, 1.54) is 0 Å². The molecule has 0 spiro atoms. The van der Waals surface area contributed by atoms with Gasteiger partial charge in [-0.05, 0) is 19.9 Å². The maximum absolute atomic E-state index is 11.6. The van der Waals surface area contributed by atoms with E-state index in [1.807, 2.05) is 13.8 Å². The molecule has 1 unspecified atom stereocenters. The molecule has 0 saturated carbocycles. The monoisotopic (exact) mass is 181 g/mol. The highest BCUT2D eigenvalue weighted by atomic mass is 19.3. The normalized spacial score (nSPS) is 13.8. The van der Waals surface area contributed by atoms with Gasteiger partial charge >= 0.3 is 0 Å². The van der Waals surface area contributed by atoms with Gasteiger partial charge in [0.1, 0.15) is 6.61 Å². The zero-order valence-electron chi connectivity index (χ0n) is 7.65. The highest BCUT2D eigenvalue weighted by Gasteiger charge is 2.03. The number of ether oxygens (including phenoxy) is 1. The van der Waals surface area contributed by atoms with Gasteiger partial charge in [0.2, 0.25) is 0 Å². The van der Waals surface area contributed by atoms with Gasteiger partial charge in [-0.3, -0.25) is 0 Å². The molecule has 1 atom stereocenters. The van der Waals surface area contributed by atoms with Crippen molar-refractivity contribution < 1.29 is 13.5 Å². The highest BCUT2D eigenvalue weighted by Crippen LogP contribution is 1.95. The summed E-state index contributed by atoms with van der Waals surface area (Å²) in [6, 6.07) is 0.340. The molecule has 2 nitrogen and oxygen atoms in total. The fraction of sp³-hybridized carbons (Fsp3) is 1.00. The second-order valence-electron chi connectivity index (χ2n) is 2.71. The summed E-state index contributed by atoms with van der Waals surface area (Å²) >= 11 is 0. The number of nitrogens with one attached hydrogen (secondary N) is 1. The molecule has 0 aromatic heterocycles. The fourth-order valence-corrected chi connectivity index (χ4v) is 0.883. The van der Waals surface area contributed by atoms with Crippen molar-refractivity contribution in [3.8, 4) is 0 Å². The SMILES string of the molecule is CCNC(C)CCOCC(F)F. The molecule has 0 fully saturated rings. The van der Waals surface area contributed by atoms with Crippen LogP contribution in [0.2, 0.25) is 0 Å². The van der Waals surface area contributed by atoms with Crippen LogP contribution in [0.1, 0.15) is 20.3 Å². The molecule has 12 heavy (non-hydrogen) atoms. The third-order valence-electron chi connectivity index (χ3n) is 1.49. The molecule has 0 aliphatic rings. The molecule has 0 heterocycles. The van der Waals surface area contributed by atoms with Crippen molar-refractivity contribution in [3.63, 3.8) is 0 Å². The lowest BCUT2D eigenvalue weighted by Gasteiger charge is -2.11. The minimum Gasteiger partial charge on any atom is -0.375 e. The summed E-state index contributed by atoms with van der Waals surface area (Å²) in [5.41, 5.74) is 0. The van der Waals surface area contributed by atoms with E-state index in [0.717, 1.165) is 13.0 Å². The summed E-state index contributed by atoms with van der Waals surface area (Å²) in [5, 5.41) is 3.17. The van der Waals surface area contributed by atoms with Crippen molar-refractivity contribution in [1.82, 2.24) is 5.32 Å². The van der Waals surface area contributed by atoms with Crippen LogP contribution < -0.4 is 5.32 Å². The van der Waals surface area contributed by atoms with Gasteiger partial charge in [0, 0.05) is 12.6 Å². The number of hydrogen-bond donors (Lipinski definition) is 1. The topological polar surface area (TPSA) is 21.3 Å². The Morgan fingerprint density at radius 2 is 2.08 bits per heavy atom. The molecular formula is C8H17F2NO. The van der Waals surface area contributed by atoms with Crippen molar-refractivity contribution in [2.45, 2.75) is 32.7 Å². The Balaban J connectivity index is 3.08. The van der Waals surface area contributed by atoms with Crippen LogP contribution in [0.15, 0.2) is 0 Å². The first-order valence-electron chi connectivity index (χ1n) is 4.26. The van der Waals surface area contributed by atoms with E-state index in [0.29, 0.717) is 12.6 Å². The molecule has 4 heteroatoms. The molecule has 0 saturated heterocycles. The van der Waals surface area contributed by atoms with E-state index in [4.69, 9.17) is 4.74 Å². The van der Waals surface area contributed by atoms with Gasteiger partial charge in [0.25, 0.3) is 6.43 Å². The van der Waals surface area contributed by atoms with Crippen molar-refractivity contribution in [3.05, 3.63) is 0 Å². The Hall–Kier alpha value is -0.220. The maximum atomic E-state index is 11.6. The predicted octanol–water partition coefficient (Wildman–Crippen LogP) is 1.66. The quantitative estimate of drug-likeness (QED) is 0.603. The van der Waals surface area contributed by atoms with Gasteiger partial charge < -0.3 is 10.1 Å². The molecular weight excluding hydrogens is 164 g/mol. The Labute approximate surface area is 72.3 Å². The lowest BCUT2D eigenvalue weighted by Crippen LogP contribution is -2.27. The van der Waals surface area contributed by atoms with Crippen LogP contribution >= 0.6 is 0 Å². The van der Waals surface area contributed by atoms with Crippen LogP contribution in [0, 0.1) is 0 Å². The zero-order valence-corrected chi connectivity index (χ0v) is 7.65. The molecule has 0 bridgehead atoms. The summed E-state index contributed by atoms with van der Waals surface area (Å²) < 4.78 is 27.9. The number of rotatable bonds is 7. The molecule has 1 N–H and O–H groups in total. The minimum absolute atomic E-state index is 0.340. The third-order valence-corrected chi connectivity index (χ3v) is 1.49. The second kappa shape index (κ2) is 7.43. The lowest BCUT2D eigenvalue weighted by molar-refractivity contribution is 0.0149. The smallest absolute Gasteiger partial charge is 0.261 e. The number of halogens is 2. The van der Waals surface area contributed by atoms with Gasteiger partial charge in [0.15, 0.2) is 0 Å². The highest BCUT2D eigenvalue weighted by molar-refractivity contribution is 4.57. The summed E-state index contributed by atoms with van der Waals surface area (Å²) in [5.74, 6) is 0. The van der Waals surface area contributed by atoms with Crippen molar-refractivity contribution in [2.24, 2.45) is 0 Å². The zero-order chi connectivity index (χ0) is 9.40. The molecule has 0 aromatic carbocycles. The van der Waals surface area contributed by atoms with Gasteiger partial charge in [-0.1, -0.05) is 6.92 Å². The standard InChI is InChI=1S/C8H17F2NO/c1-3-11-7(2)4-5-12-6-8(9)10/h7-8,11H,3-6H2,1-2H3. The first kappa shape index (κ1) is 11.8. The predicted molar refractivity (Wildman–Crippen MR) is 44.6 cm³/mol. The average molecular weight is 181 g/mol. The number of hydrogen-bond acceptors (Lipinski definition) is 2. The van der Waals surface area contributed by atoms with Crippen LogP contribution in [0.5, 0.6) is 0 Å². The van der Waals surface area contributed by atoms with Crippen molar-refractivity contribution >= 4 is 0 Å². The molecule has 0 aromatic rings. The largest absolute Gasteiger partial charge is 0.375 e. The van der Waals surface area contributed by atoms with E-state index in [-0.39, 0.29) is 0 Å². The Morgan fingerprint density at radius 3 is 2.58 bits per heavy atom. The van der Waals surface area contributed by atoms with E-state index >= 15 is 0 Å². The summed E-state index contributed by atoms with van der Waals surface area (Å²) in [6.45, 7) is 4.87. The van der Waals surface area contributed by atoms with Crippen LogP contribution in [0.3, 0.4) is 0 Å². The van der Waals surface area contributed by atoms with E-state index < -0.39 is 13.0 Å². The van der Waals surface area contributed by atoms with Crippen LogP contribution in [0.4, 0.5) is 8.78 Å². The molecule has 0 amide bonds. The molecule has 0 radical (unpaired) electrons. The van der Waals surface area contributed by atoms with E-state index in [2.05, 4.69) is 5.32 Å². The van der Waals surface area contributed by atoms with E-state index in [9.17, 15) is 8.78 Å². The second-order valence-corrected chi connectivity index (χ2v) is 2.71. The molecule has 0 aliphatic carbocycles. The van der Waals surface area contributed by atoms with Gasteiger partial charge in [-0.15, -0.1) is 0 Å². The summed E-state index contributed by atoms with van der Waals surface area (Å²) in [4.78, 5) is 0. The molecule has 0 rings (SSSR count). The van der Waals surface area contributed by atoms with Gasteiger partial charge in [-0.2, -0.15) is 0 Å². The Bertz CT molecular complexity index is 101. The minimum atomic E-state index is -2.35. The van der Waals surface area contributed by atoms with Gasteiger partial charge in [-0.25, -0.2) is 8.78 Å². The number of alkyl halides is 2. The third kappa shape index (κ3) is 7.88. The van der Waals surface area contributed by atoms with Crippen LogP contribution in [-0.2, 0) is 4.74 Å². The Morgan fingerprint density at radius 1 is 1.42 bits per heavy atom. The van der Waals surface area contributed by atoms with Gasteiger partial charge in [0.05, 0.1) is 0 Å². The fourth-order valence-electron chi connectivity index (χ4n) is 0.883. The maximum Gasteiger partial charge on any atom is 0.261 e.